The van der Waals surface area contributed by atoms with Crippen LogP contribution in [0.15, 0.2) is 45.6 Å². The molecule has 1 aliphatic heterocycles. The lowest BCUT2D eigenvalue weighted by Crippen LogP contribution is -2.65. The van der Waals surface area contributed by atoms with Gasteiger partial charge in [-0.1, -0.05) is 0 Å². The Morgan fingerprint density at radius 2 is 1.21 bits per heavy atom. The third-order valence-corrected chi connectivity index (χ3v) is 3.87. The number of imide groups is 2. The Kier molecular flexibility index (Phi) is 3.80. The second-order valence-electron chi connectivity index (χ2n) is 5.33. The minimum atomic E-state index is -1.13. The second-order valence-corrected chi connectivity index (χ2v) is 5.33. The van der Waals surface area contributed by atoms with Crippen molar-refractivity contribution in [1.29, 1.82) is 0 Å². The van der Waals surface area contributed by atoms with Crippen LogP contribution in [0.25, 0.3) is 0 Å². The first-order valence-electron chi connectivity index (χ1n) is 7.25. The fourth-order valence-electron chi connectivity index (χ4n) is 2.60. The van der Waals surface area contributed by atoms with E-state index >= 15 is 0 Å². The van der Waals surface area contributed by atoms with Crippen molar-refractivity contribution in [2.75, 3.05) is 0 Å². The molecule has 2 atom stereocenters. The summed E-state index contributed by atoms with van der Waals surface area (Å²) in [5.74, 6) is -2.88. The fraction of sp³-hybridized carbons (Fsp3) is 0.250. The number of piperazine rings is 1. The standard InChI is InChI=1S/C16H14N2O6/c1-9-13(19)18(16(22)12-6-4-8-24-12)10(2)14(20)17(9)15(21)11-5-3-7-23-11/h3-10H,1-2H3/t9-,10-/m1/s1. The van der Waals surface area contributed by atoms with E-state index in [1.54, 1.807) is 0 Å². The number of amides is 4. The summed E-state index contributed by atoms with van der Waals surface area (Å²) >= 11 is 0. The van der Waals surface area contributed by atoms with Crippen LogP contribution in [0.5, 0.6) is 0 Å². The zero-order chi connectivity index (χ0) is 17.4. The molecule has 0 bridgehead atoms. The molecule has 0 saturated carbocycles. The van der Waals surface area contributed by atoms with Crippen LogP contribution in [0, 0.1) is 0 Å². The third-order valence-electron chi connectivity index (χ3n) is 3.87. The first-order chi connectivity index (χ1) is 11.4. The van der Waals surface area contributed by atoms with Gasteiger partial charge in [0.2, 0.25) is 0 Å². The lowest BCUT2D eigenvalue weighted by Gasteiger charge is -2.39. The van der Waals surface area contributed by atoms with Crippen LogP contribution in [-0.4, -0.2) is 45.5 Å². The molecule has 0 radical (unpaired) electrons. The molecule has 2 aromatic rings. The molecule has 1 aliphatic rings. The van der Waals surface area contributed by atoms with E-state index in [0.29, 0.717) is 0 Å². The summed E-state index contributed by atoms with van der Waals surface area (Å²) in [7, 11) is 0. The highest BCUT2D eigenvalue weighted by Crippen LogP contribution is 2.23. The van der Waals surface area contributed by atoms with Gasteiger partial charge in [-0.3, -0.25) is 29.0 Å². The number of carbonyl (C=O) groups is 4. The highest BCUT2D eigenvalue weighted by molar-refractivity contribution is 6.16. The maximum absolute atomic E-state index is 12.6. The molecule has 24 heavy (non-hydrogen) atoms. The smallest absolute Gasteiger partial charge is 0.296 e. The van der Waals surface area contributed by atoms with Crippen molar-refractivity contribution in [3.05, 3.63) is 48.3 Å². The molecule has 124 valence electrons. The van der Waals surface area contributed by atoms with Gasteiger partial charge in [0.15, 0.2) is 11.5 Å². The molecular weight excluding hydrogens is 316 g/mol. The Bertz CT molecular complexity index is 724. The van der Waals surface area contributed by atoms with Gasteiger partial charge < -0.3 is 8.83 Å². The molecule has 8 nitrogen and oxygen atoms in total. The SMILES string of the molecule is C[C@@H]1C(=O)N(C(=O)c2ccco2)[C@H](C)C(=O)N1C(=O)c1ccco1. The van der Waals surface area contributed by atoms with E-state index in [1.807, 2.05) is 0 Å². The Morgan fingerprint density at radius 3 is 1.50 bits per heavy atom. The van der Waals surface area contributed by atoms with Gasteiger partial charge >= 0.3 is 0 Å². The maximum atomic E-state index is 12.6. The summed E-state index contributed by atoms with van der Waals surface area (Å²) in [5.41, 5.74) is 0. The Labute approximate surface area is 136 Å². The molecular formula is C16H14N2O6. The summed E-state index contributed by atoms with van der Waals surface area (Å²) in [6.45, 7) is 2.77. The first kappa shape index (κ1) is 15.7. The normalized spacial score (nSPS) is 21.2. The van der Waals surface area contributed by atoms with Crippen LogP contribution in [-0.2, 0) is 9.59 Å². The van der Waals surface area contributed by atoms with Gasteiger partial charge in [-0.15, -0.1) is 0 Å². The highest BCUT2D eigenvalue weighted by Gasteiger charge is 2.48. The van der Waals surface area contributed by atoms with E-state index in [0.717, 1.165) is 9.80 Å². The summed E-state index contributed by atoms with van der Waals surface area (Å²) in [6.07, 6.45) is 2.59. The molecule has 4 amide bonds. The van der Waals surface area contributed by atoms with Gasteiger partial charge in [0.1, 0.15) is 12.1 Å². The number of furan rings is 2. The summed E-state index contributed by atoms with van der Waals surface area (Å²) in [5, 5.41) is 0. The van der Waals surface area contributed by atoms with E-state index in [-0.39, 0.29) is 11.5 Å². The number of nitrogens with zero attached hydrogens (tertiary/aromatic N) is 2. The number of carbonyl (C=O) groups excluding carboxylic acids is 4. The summed E-state index contributed by atoms with van der Waals surface area (Å²) in [6, 6.07) is 3.54. The molecule has 3 rings (SSSR count). The second kappa shape index (κ2) is 5.80. The Morgan fingerprint density at radius 1 is 0.833 bits per heavy atom. The Hall–Kier alpha value is -3.16. The fourth-order valence-corrected chi connectivity index (χ4v) is 2.60. The van der Waals surface area contributed by atoms with Crippen LogP contribution in [0.2, 0.25) is 0 Å². The van der Waals surface area contributed by atoms with Gasteiger partial charge in [-0.05, 0) is 38.1 Å². The van der Waals surface area contributed by atoms with Crippen molar-refractivity contribution in [1.82, 2.24) is 9.80 Å². The van der Waals surface area contributed by atoms with Gasteiger partial charge in [0.05, 0.1) is 12.5 Å². The van der Waals surface area contributed by atoms with E-state index in [1.165, 1.54) is 50.6 Å². The monoisotopic (exact) mass is 330 g/mol. The van der Waals surface area contributed by atoms with Crippen LogP contribution in [0.4, 0.5) is 0 Å². The van der Waals surface area contributed by atoms with Crippen LogP contribution < -0.4 is 0 Å². The average molecular weight is 330 g/mol. The van der Waals surface area contributed by atoms with Crippen molar-refractivity contribution >= 4 is 23.6 Å². The zero-order valence-electron chi connectivity index (χ0n) is 13.0. The highest BCUT2D eigenvalue weighted by atomic mass is 16.3. The van der Waals surface area contributed by atoms with Crippen molar-refractivity contribution < 1.29 is 28.0 Å². The zero-order valence-corrected chi connectivity index (χ0v) is 13.0. The van der Waals surface area contributed by atoms with Crippen LogP contribution >= 0.6 is 0 Å². The molecule has 0 aliphatic carbocycles. The minimum absolute atomic E-state index is 0.0546. The molecule has 3 heterocycles. The lowest BCUT2D eigenvalue weighted by atomic mass is 10.1. The van der Waals surface area contributed by atoms with E-state index < -0.39 is 35.7 Å². The van der Waals surface area contributed by atoms with Crippen molar-refractivity contribution in [2.45, 2.75) is 25.9 Å². The van der Waals surface area contributed by atoms with Crippen LogP contribution in [0.3, 0.4) is 0 Å². The lowest BCUT2D eigenvalue weighted by molar-refractivity contribution is -0.154. The largest absolute Gasteiger partial charge is 0.459 e. The quantitative estimate of drug-likeness (QED) is 0.769. The molecule has 8 heteroatoms. The van der Waals surface area contributed by atoms with Crippen molar-refractivity contribution in [3.63, 3.8) is 0 Å². The Balaban J connectivity index is 1.92. The van der Waals surface area contributed by atoms with E-state index in [4.69, 9.17) is 8.83 Å². The molecule has 1 fully saturated rings. The predicted molar refractivity (Wildman–Crippen MR) is 78.7 cm³/mol. The molecule has 0 aromatic carbocycles. The molecule has 2 aromatic heterocycles. The van der Waals surface area contributed by atoms with Gasteiger partial charge in [-0.2, -0.15) is 0 Å². The van der Waals surface area contributed by atoms with Gasteiger partial charge in [0.25, 0.3) is 23.6 Å². The van der Waals surface area contributed by atoms with Gasteiger partial charge in [-0.25, -0.2) is 0 Å². The van der Waals surface area contributed by atoms with Gasteiger partial charge in [0, 0.05) is 0 Å². The maximum Gasteiger partial charge on any atom is 0.296 e. The average Bonchev–Trinajstić information content (AvgIpc) is 3.26. The van der Waals surface area contributed by atoms with Crippen molar-refractivity contribution in [3.8, 4) is 0 Å². The number of hydrogen-bond donors (Lipinski definition) is 0. The summed E-state index contributed by atoms with van der Waals surface area (Å²) in [4.78, 5) is 51.6. The molecule has 1 saturated heterocycles. The first-order valence-corrected chi connectivity index (χ1v) is 7.25. The number of rotatable bonds is 2. The van der Waals surface area contributed by atoms with Crippen LogP contribution in [0.1, 0.15) is 35.0 Å². The minimum Gasteiger partial charge on any atom is -0.459 e. The summed E-state index contributed by atoms with van der Waals surface area (Å²) < 4.78 is 10.00. The predicted octanol–water partition coefficient (Wildman–Crippen LogP) is 1.30. The topological polar surface area (TPSA) is 101 Å². The molecule has 0 unspecified atom stereocenters. The van der Waals surface area contributed by atoms with E-state index in [9.17, 15) is 19.2 Å². The third kappa shape index (κ3) is 2.32. The van der Waals surface area contributed by atoms with Crippen molar-refractivity contribution in [2.24, 2.45) is 0 Å². The molecule has 0 N–H and O–H groups in total. The van der Waals surface area contributed by atoms with E-state index in [2.05, 4.69) is 0 Å². The number of hydrogen-bond acceptors (Lipinski definition) is 6. The molecule has 0 spiro atoms.